The van der Waals surface area contributed by atoms with Crippen LogP contribution in [0.15, 0.2) is 30.3 Å². The maximum atomic E-state index is 9.23. The van der Waals surface area contributed by atoms with E-state index >= 15 is 0 Å². The van der Waals surface area contributed by atoms with Crippen molar-refractivity contribution in [3.05, 3.63) is 35.9 Å². The summed E-state index contributed by atoms with van der Waals surface area (Å²) < 4.78 is 5.79. The summed E-state index contributed by atoms with van der Waals surface area (Å²) in [6.07, 6.45) is 2.38. The number of ether oxygens (including phenoxy) is 1. The highest BCUT2D eigenvalue weighted by Crippen LogP contribution is 2.22. The molecular formula is C16H17N3O. The van der Waals surface area contributed by atoms with Crippen LogP contribution in [0.3, 0.4) is 0 Å². The summed E-state index contributed by atoms with van der Waals surface area (Å²) in [7, 11) is 0. The number of rotatable bonds is 3. The second kappa shape index (κ2) is 5.89. The van der Waals surface area contributed by atoms with Gasteiger partial charge in [0, 0.05) is 23.9 Å². The van der Waals surface area contributed by atoms with E-state index in [-0.39, 0.29) is 0 Å². The third kappa shape index (κ3) is 2.73. The average Bonchev–Trinajstić information content (AvgIpc) is 2.53. The van der Waals surface area contributed by atoms with Crippen molar-refractivity contribution >= 4 is 10.9 Å². The molecule has 1 unspecified atom stereocenters. The van der Waals surface area contributed by atoms with Crippen molar-refractivity contribution in [2.24, 2.45) is 5.92 Å². The van der Waals surface area contributed by atoms with Crippen LogP contribution in [0.2, 0.25) is 0 Å². The van der Waals surface area contributed by atoms with E-state index in [9.17, 15) is 5.26 Å². The lowest BCUT2D eigenvalue weighted by Crippen LogP contribution is -2.33. The standard InChI is InChI=1S/C16H17N3O/c17-9-13-8-16(19-15-6-2-1-5-14(13)15)20-11-12-4-3-7-18-10-12/h1-2,5-6,8,12,18H,3-4,7,10-11H2. The molecule has 1 aliphatic heterocycles. The molecule has 1 fully saturated rings. The van der Waals surface area contributed by atoms with Crippen molar-refractivity contribution in [1.29, 1.82) is 5.26 Å². The molecule has 0 amide bonds. The molecule has 1 N–H and O–H groups in total. The predicted molar refractivity (Wildman–Crippen MR) is 77.5 cm³/mol. The second-order valence-corrected chi connectivity index (χ2v) is 5.16. The van der Waals surface area contributed by atoms with Gasteiger partial charge < -0.3 is 10.1 Å². The first kappa shape index (κ1) is 12.9. The monoisotopic (exact) mass is 267 g/mol. The van der Waals surface area contributed by atoms with Gasteiger partial charge in [-0.3, -0.25) is 0 Å². The van der Waals surface area contributed by atoms with E-state index in [0.29, 0.717) is 24.0 Å². The van der Waals surface area contributed by atoms with Crippen molar-refractivity contribution in [2.45, 2.75) is 12.8 Å². The van der Waals surface area contributed by atoms with Crippen LogP contribution in [0, 0.1) is 17.2 Å². The van der Waals surface area contributed by atoms with Crippen LogP contribution >= 0.6 is 0 Å². The molecule has 102 valence electrons. The molecule has 0 aliphatic carbocycles. The lowest BCUT2D eigenvalue weighted by atomic mass is 10.0. The minimum absolute atomic E-state index is 0.530. The summed E-state index contributed by atoms with van der Waals surface area (Å²) >= 11 is 0. The predicted octanol–water partition coefficient (Wildman–Crippen LogP) is 2.48. The Labute approximate surface area is 118 Å². The summed E-state index contributed by atoms with van der Waals surface area (Å²) in [5.74, 6) is 1.08. The Balaban J connectivity index is 1.79. The Bertz CT molecular complexity index is 642. The van der Waals surface area contributed by atoms with Gasteiger partial charge in [0.15, 0.2) is 0 Å². The van der Waals surface area contributed by atoms with Crippen LogP contribution in [-0.4, -0.2) is 24.7 Å². The number of para-hydroxylation sites is 1. The second-order valence-electron chi connectivity index (χ2n) is 5.16. The quantitative estimate of drug-likeness (QED) is 0.928. The van der Waals surface area contributed by atoms with Crippen molar-refractivity contribution in [3.8, 4) is 11.9 Å². The third-order valence-corrected chi connectivity index (χ3v) is 3.68. The van der Waals surface area contributed by atoms with Crippen LogP contribution in [0.5, 0.6) is 5.88 Å². The first-order chi connectivity index (χ1) is 9.86. The van der Waals surface area contributed by atoms with Gasteiger partial charge in [-0.15, -0.1) is 0 Å². The number of piperidine rings is 1. The average molecular weight is 267 g/mol. The van der Waals surface area contributed by atoms with Gasteiger partial charge in [0.05, 0.1) is 17.7 Å². The number of aromatic nitrogens is 1. The van der Waals surface area contributed by atoms with Crippen LogP contribution in [0.1, 0.15) is 18.4 Å². The van der Waals surface area contributed by atoms with Gasteiger partial charge in [-0.25, -0.2) is 4.98 Å². The minimum Gasteiger partial charge on any atom is -0.477 e. The molecule has 2 heterocycles. The first-order valence-corrected chi connectivity index (χ1v) is 7.00. The lowest BCUT2D eigenvalue weighted by Gasteiger charge is -2.22. The van der Waals surface area contributed by atoms with Crippen molar-refractivity contribution in [3.63, 3.8) is 0 Å². The molecule has 0 saturated carbocycles. The van der Waals surface area contributed by atoms with Gasteiger partial charge in [-0.2, -0.15) is 5.26 Å². The third-order valence-electron chi connectivity index (χ3n) is 3.68. The molecule has 4 nitrogen and oxygen atoms in total. The zero-order chi connectivity index (χ0) is 13.8. The summed E-state index contributed by atoms with van der Waals surface area (Å²) in [5, 5.41) is 13.5. The number of benzene rings is 1. The van der Waals surface area contributed by atoms with E-state index in [4.69, 9.17) is 4.74 Å². The SMILES string of the molecule is N#Cc1cc(OCC2CCCNC2)nc2ccccc12. The van der Waals surface area contributed by atoms with E-state index in [1.165, 1.54) is 12.8 Å². The zero-order valence-corrected chi connectivity index (χ0v) is 11.3. The van der Waals surface area contributed by atoms with Gasteiger partial charge in [-0.05, 0) is 25.5 Å². The maximum Gasteiger partial charge on any atom is 0.215 e. The molecular weight excluding hydrogens is 250 g/mol. The smallest absolute Gasteiger partial charge is 0.215 e. The fourth-order valence-corrected chi connectivity index (χ4v) is 2.59. The van der Waals surface area contributed by atoms with Gasteiger partial charge in [0.25, 0.3) is 0 Å². The fourth-order valence-electron chi connectivity index (χ4n) is 2.59. The van der Waals surface area contributed by atoms with Crippen LogP contribution in [0.4, 0.5) is 0 Å². The molecule has 0 bridgehead atoms. The Kier molecular flexibility index (Phi) is 3.80. The summed E-state index contributed by atoms with van der Waals surface area (Å²) in [6, 6.07) is 11.6. The lowest BCUT2D eigenvalue weighted by molar-refractivity contribution is 0.212. The van der Waals surface area contributed by atoms with Crippen LogP contribution < -0.4 is 10.1 Å². The van der Waals surface area contributed by atoms with Crippen molar-refractivity contribution in [2.75, 3.05) is 19.7 Å². The number of pyridine rings is 1. The van der Waals surface area contributed by atoms with Gasteiger partial charge in [-0.1, -0.05) is 18.2 Å². The molecule has 3 rings (SSSR count). The number of nitrogens with one attached hydrogen (secondary N) is 1. The molecule has 1 aromatic heterocycles. The van der Waals surface area contributed by atoms with E-state index in [2.05, 4.69) is 16.4 Å². The van der Waals surface area contributed by atoms with E-state index in [1.807, 2.05) is 24.3 Å². The summed E-state index contributed by atoms with van der Waals surface area (Å²) in [4.78, 5) is 4.47. The van der Waals surface area contributed by atoms with Gasteiger partial charge in [0.2, 0.25) is 5.88 Å². The van der Waals surface area contributed by atoms with E-state index in [1.54, 1.807) is 6.07 Å². The molecule has 0 spiro atoms. The maximum absolute atomic E-state index is 9.23. The molecule has 1 aliphatic rings. The van der Waals surface area contributed by atoms with Crippen LogP contribution in [0.25, 0.3) is 10.9 Å². The molecule has 1 aromatic carbocycles. The fraction of sp³-hybridized carbons (Fsp3) is 0.375. The first-order valence-electron chi connectivity index (χ1n) is 7.00. The Hall–Kier alpha value is -2.12. The number of hydrogen-bond donors (Lipinski definition) is 1. The number of nitrogens with zero attached hydrogens (tertiary/aromatic N) is 2. The number of nitriles is 1. The largest absolute Gasteiger partial charge is 0.477 e. The van der Waals surface area contributed by atoms with Gasteiger partial charge >= 0.3 is 0 Å². The Morgan fingerprint density at radius 2 is 2.30 bits per heavy atom. The zero-order valence-electron chi connectivity index (χ0n) is 11.3. The normalized spacial score (nSPS) is 18.6. The van der Waals surface area contributed by atoms with Gasteiger partial charge in [0.1, 0.15) is 6.07 Å². The van der Waals surface area contributed by atoms with Crippen molar-refractivity contribution < 1.29 is 4.74 Å². The van der Waals surface area contributed by atoms with E-state index in [0.717, 1.165) is 24.0 Å². The highest BCUT2D eigenvalue weighted by atomic mass is 16.5. The Morgan fingerprint density at radius 1 is 1.40 bits per heavy atom. The minimum atomic E-state index is 0.530. The van der Waals surface area contributed by atoms with E-state index < -0.39 is 0 Å². The highest BCUT2D eigenvalue weighted by Gasteiger charge is 2.14. The van der Waals surface area contributed by atoms with Crippen molar-refractivity contribution in [1.82, 2.24) is 10.3 Å². The molecule has 20 heavy (non-hydrogen) atoms. The van der Waals surface area contributed by atoms with Crippen LogP contribution in [-0.2, 0) is 0 Å². The highest BCUT2D eigenvalue weighted by molar-refractivity contribution is 5.85. The molecule has 2 aromatic rings. The summed E-state index contributed by atoms with van der Waals surface area (Å²) in [6.45, 7) is 2.76. The molecule has 1 saturated heterocycles. The molecule has 1 atom stereocenters. The molecule has 0 radical (unpaired) electrons. The molecule has 4 heteroatoms. The number of hydrogen-bond acceptors (Lipinski definition) is 4. The summed E-state index contributed by atoms with van der Waals surface area (Å²) in [5.41, 5.74) is 1.43. The Morgan fingerprint density at radius 3 is 3.10 bits per heavy atom. The number of fused-ring (bicyclic) bond motifs is 1. The topological polar surface area (TPSA) is 57.9 Å².